The molecule has 13 heteroatoms. The number of halogens is 10. The van der Waals surface area contributed by atoms with Gasteiger partial charge in [-0.2, -0.15) is 39.5 Å². The van der Waals surface area contributed by atoms with Crippen molar-refractivity contribution >= 4 is 17.8 Å². The second-order valence-electron chi connectivity index (χ2n) is 8.46. The third kappa shape index (κ3) is 7.56. The van der Waals surface area contributed by atoms with Crippen molar-refractivity contribution in [1.29, 1.82) is 0 Å². The van der Waals surface area contributed by atoms with E-state index in [1.165, 1.54) is 5.32 Å². The van der Waals surface area contributed by atoms with Crippen molar-refractivity contribution in [3.05, 3.63) is 76.1 Å². The maximum atomic E-state index is 13.6. The Bertz CT molecular complexity index is 1210. The monoisotopic (exact) mass is 541 g/mol. The fourth-order valence-electron chi connectivity index (χ4n) is 3.50. The molecule has 0 heterocycles. The Morgan fingerprint density at radius 2 is 1.57 bits per heavy atom. The van der Waals surface area contributed by atoms with Crippen LogP contribution in [0, 0.1) is 11.7 Å². The lowest BCUT2D eigenvalue weighted by Crippen LogP contribution is -2.37. The number of carbonyl (C=O) groups is 2. The molecule has 37 heavy (non-hydrogen) atoms. The maximum Gasteiger partial charge on any atom is 0.417 e. The van der Waals surface area contributed by atoms with E-state index < -0.39 is 64.3 Å². The molecule has 2 aromatic carbocycles. The number of hydrogen-bond acceptors (Lipinski definition) is 2. The summed E-state index contributed by atoms with van der Waals surface area (Å²) in [5, 5.41) is 1.39. The Balaban J connectivity index is 1.85. The van der Waals surface area contributed by atoms with E-state index >= 15 is 0 Å². The molecule has 0 spiro atoms. The molecule has 1 fully saturated rings. The van der Waals surface area contributed by atoms with Gasteiger partial charge in [0.1, 0.15) is 5.82 Å². The summed E-state index contributed by atoms with van der Waals surface area (Å²) in [6.45, 7) is 0. The Labute approximate surface area is 203 Å². The first-order valence-electron chi connectivity index (χ1n) is 10.6. The molecule has 1 N–H and O–H groups in total. The van der Waals surface area contributed by atoms with Gasteiger partial charge in [-0.1, -0.05) is 12.1 Å². The number of benzene rings is 2. The van der Waals surface area contributed by atoms with E-state index in [2.05, 4.69) is 0 Å². The van der Waals surface area contributed by atoms with Crippen LogP contribution in [0.25, 0.3) is 6.08 Å². The molecule has 1 unspecified atom stereocenters. The van der Waals surface area contributed by atoms with Crippen LogP contribution in [0.1, 0.15) is 57.9 Å². The predicted octanol–water partition coefficient (Wildman–Crippen LogP) is 7.28. The second kappa shape index (κ2) is 10.2. The molecule has 0 bridgehead atoms. The van der Waals surface area contributed by atoms with Gasteiger partial charge in [0.05, 0.1) is 11.1 Å². The number of nitrogens with one attached hydrogen (secondary N) is 1. The zero-order valence-corrected chi connectivity index (χ0v) is 18.5. The first-order valence-corrected chi connectivity index (χ1v) is 10.6. The minimum absolute atomic E-state index is 0.0173. The van der Waals surface area contributed by atoms with Crippen molar-refractivity contribution in [2.45, 2.75) is 43.8 Å². The fourth-order valence-corrected chi connectivity index (χ4v) is 3.50. The number of alkyl halides is 9. The lowest BCUT2D eigenvalue weighted by Gasteiger charge is -2.22. The number of amides is 1. The summed E-state index contributed by atoms with van der Waals surface area (Å²) in [5.74, 6) is -3.85. The van der Waals surface area contributed by atoms with E-state index in [0.29, 0.717) is 12.1 Å². The third-order valence-corrected chi connectivity index (χ3v) is 5.44. The summed E-state index contributed by atoms with van der Waals surface area (Å²) >= 11 is 0. The Kier molecular flexibility index (Phi) is 7.75. The van der Waals surface area contributed by atoms with Crippen LogP contribution in [0.15, 0.2) is 42.5 Å². The quantitative estimate of drug-likeness (QED) is 0.228. The van der Waals surface area contributed by atoms with Crippen LogP contribution in [0.2, 0.25) is 0 Å². The molecule has 3 nitrogen and oxygen atoms in total. The SMILES string of the molecule is O=C(/C=C/c1ccc(C(=O)CC2CC2)c(C(F)(F)F)c1)NC(c1cc(F)cc(C(F)(F)F)c1)C(F)(F)F. The van der Waals surface area contributed by atoms with Crippen molar-refractivity contribution in [2.75, 3.05) is 0 Å². The minimum atomic E-state index is -5.34. The molecule has 0 aromatic heterocycles. The average molecular weight is 541 g/mol. The van der Waals surface area contributed by atoms with E-state index in [9.17, 15) is 53.5 Å². The molecule has 2 aromatic rings. The minimum Gasteiger partial charge on any atom is -0.337 e. The molecule has 1 aliphatic rings. The highest BCUT2D eigenvalue weighted by Crippen LogP contribution is 2.38. The summed E-state index contributed by atoms with van der Waals surface area (Å²) in [4.78, 5) is 24.3. The standard InChI is InChI=1S/C24H17F10NO2/c25-16-10-14(9-15(11-16)22(26,27)28)21(24(32,33)34)35-20(37)6-4-12-3-5-17(18(7-12)23(29,30)31)19(36)8-13-1-2-13/h3-7,9-11,13,21H,1-2,8H2,(H,35,37)/b6-4+. The highest BCUT2D eigenvalue weighted by molar-refractivity contribution is 5.98. The van der Waals surface area contributed by atoms with Crippen LogP contribution in [0.4, 0.5) is 43.9 Å². The van der Waals surface area contributed by atoms with Crippen LogP contribution in [-0.2, 0) is 17.1 Å². The van der Waals surface area contributed by atoms with Gasteiger partial charge in [0.15, 0.2) is 11.8 Å². The highest BCUT2D eigenvalue weighted by Gasteiger charge is 2.43. The van der Waals surface area contributed by atoms with Gasteiger partial charge < -0.3 is 5.32 Å². The number of hydrogen-bond donors (Lipinski definition) is 1. The normalized spacial score (nSPS) is 15.6. The number of rotatable bonds is 7. The van der Waals surface area contributed by atoms with Gasteiger partial charge in [0.25, 0.3) is 0 Å². The van der Waals surface area contributed by atoms with Gasteiger partial charge in [-0.3, -0.25) is 9.59 Å². The van der Waals surface area contributed by atoms with Crippen LogP contribution in [0.5, 0.6) is 0 Å². The number of carbonyl (C=O) groups excluding carboxylic acids is 2. The van der Waals surface area contributed by atoms with E-state index in [-0.39, 0.29) is 36.1 Å². The predicted molar refractivity (Wildman–Crippen MR) is 110 cm³/mol. The molecule has 1 aliphatic carbocycles. The molecule has 1 saturated carbocycles. The molecule has 0 radical (unpaired) electrons. The summed E-state index contributed by atoms with van der Waals surface area (Å²) < 4.78 is 133. The molecular weight excluding hydrogens is 524 g/mol. The van der Waals surface area contributed by atoms with Gasteiger partial charge in [-0.05, 0) is 60.2 Å². The zero-order chi connectivity index (χ0) is 27.8. The van der Waals surface area contributed by atoms with Gasteiger partial charge in [-0.25, -0.2) is 4.39 Å². The molecule has 0 aliphatic heterocycles. The first kappa shape index (κ1) is 28.2. The summed E-state index contributed by atoms with van der Waals surface area (Å²) in [5.41, 5.74) is -5.09. The second-order valence-corrected chi connectivity index (χ2v) is 8.46. The summed E-state index contributed by atoms with van der Waals surface area (Å²) in [7, 11) is 0. The van der Waals surface area contributed by atoms with Crippen molar-refractivity contribution < 1.29 is 53.5 Å². The van der Waals surface area contributed by atoms with Crippen molar-refractivity contribution in [3.63, 3.8) is 0 Å². The van der Waals surface area contributed by atoms with Gasteiger partial charge in [0, 0.05) is 18.1 Å². The van der Waals surface area contributed by atoms with Gasteiger partial charge in [0.2, 0.25) is 5.91 Å². The van der Waals surface area contributed by atoms with Gasteiger partial charge in [-0.15, -0.1) is 0 Å². The van der Waals surface area contributed by atoms with E-state index in [4.69, 9.17) is 0 Å². The Hall–Kier alpha value is -3.38. The third-order valence-electron chi connectivity index (χ3n) is 5.44. The maximum absolute atomic E-state index is 13.6. The lowest BCUT2D eigenvalue weighted by atomic mass is 9.97. The average Bonchev–Trinajstić information content (AvgIpc) is 3.57. The van der Waals surface area contributed by atoms with Crippen LogP contribution in [0.3, 0.4) is 0 Å². The van der Waals surface area contributed by atoms with Crippen LogP contribution < -0.4 is 5.32 Å². The first-order chi connectivity index (χ1) is 16.9. The lowest BCUT2D eigenvalue weighted by molar-refractivity contribution is -0.162. The van der Waals surface area contributed by atoms with Gasteiger partial charge >= 0.3 is 18.5 Å². The molecular formula is C24H17F10NO2. The molecule has 1 amide bonds. The van der Waals surface area contributed by atoms with E-state index in [0.717, 1.165) is 31.1 Å². The van der Waals surface area contributed by atoms with Crippen molar-refractivity contribution in [1.82, 2.24) is 5.32 Å². The molecule has 1 atom stereocenters. The number of ketones is 1. The Morgan fingerprint density at radius 1 is 0.919 bits per heavy atom. The molecule has 3 rings (SSSR count). The molecule has 200 valence electrons. The largest absolute Gasteiger partial charge is 0.417 e. The summed E-state index contributed by atoms with van der Waals surface area (Å²) in [6, 6.07) is -0.363. The van der Waals surface area contributed by atoms with Crippen molar-refractivity contribution in [2.24, 2.45) is 5.92 Å². The smallest absolute Gasteiger partial charge is 0.337 e. The number of Topliss-reactive ketones (excluding diaryl/α,β-unsaturated/α-hetero) is 1. The van der Waals surface area contributed by atoms with Crippen molar-refractivity contribution in [3.8, 4) is 0 Å². The van der Waals surface area contributed by atoms with Crippen LogP contribution in [-0.4, -0.2) is 17.9 Å². The fraction of sp³-hybridized carbons (Fsp3) is 0.333. The zero-order valence-electron chi connectivity index (χ0n) is 18.5. The van der Waals surface area contributed by atoms with E-state index in [1.807, 2.05) is 0 Å². The highest BCUT2D eigenvalue weighted by atomic mass is 19.4. The summed E-state index contributed by atoms with van der Waals surface area (Å²) in [6.07, 6.45) is -12.9. The Morgan fingerprint density at radius 3 is 2.11 bits per heavy atom. The van der Waals surface area contributed by atoms with Crippen LogP contribution >= 0.6 is 0 Å². The topological polar surface area (TPSA) is 46.2 Å². The van der Waals surface area contributed by atoms with E-state index in [1.54, 1.807) is 0 Å². The molecule has 0 saturated heterocycles.